The summed E-state index contributed by atoms with van der Waals surface area (Å²) in [5, 5.41) is 3.92. The first-order valence-electron chi connectivity index (χ1n) is 9.43. The second-order valence-corrected chi connectivity index (χ2v) is 9.48. The molecule has 1 N–H and O–H groups in total. The minimum Gasteiger partial charge on any atom is -0.315 e. The first-order chi connectivity index (χ1) is 14.7. The number of aryl methyl sites for hydroxylation is 1. The Bertz CT molecular complexity index is 1280. The van der Waals surface area contributed by atoms with Crippen molar-refractivity contribution in [2.75, 3.05) is 0 Å². The van der Waals surface area contributed by atoms with Crippen LogP contribution in [0.25, 0.3) is 11.8 Å². The number of halogens is 3. The summed E-state index contributed by atoms with van der Waals surface area (Å²) in [7, 11) is 0. The molecular weight excluding hydrogens is 501 g/mol. The van der Waals surface area contributed by atoms with E-state index in [0.29, 0.717) is 30.9 Å². The summed E-state index contributed by atoms with van der Waals surface area (Å²) in [6, 6.07) is 12.4. The molecule has 8 heteroatoms. The monoisotopic (exact) mass is 517 g/mol. The molecule has 4 rings (SSSR count). The molecule has 0 unspecified atom stereocenters. The first-order valence-corrected chi connectivity index (χ1v) is 11.4. The predicted octanol–water partition coefficient (Wildman–Crippen LogP) is 6.85. The van der Waals surface area contributed by atoms with Crippen molar-refractivity contribution in [3.8, 4) is 5.69 Å². The van der Waals surface area contributed by atoms with Gasteiger partial charge in [0.25, 0.3) is 5.91 Å². The summed E-state index contributed by atoms with van der Waals surface area (Å²) in [6.45, 7) is 5.70. The van der Waals surface area contributed by atoms with Crippen LogP contribution in [-0.4, -0.2) is 15.6 Å². The molecule has 0 bridgehead atoms. The molecule has 2 heterocycles. The number of amides is 1. The number of benzene rings is 2. The van der Waals surface area contributed by atoms with E-state index in [9.17, 15) is 9.18 Å². The average Bonchev–Trinajstić information content (AvgIpc) is 3.18. The van der Waals surface area contributed by atoms with Gasteiger partial charge in [0.05, 0.1) is 16.3 Å². The van der Waals surface area contributed by atoms with Crippen molar-refractivity contribution in [2.45, 2.75) is 20.8 Å². The molecule has 158 valence electrons. The van der Waals surface area contributed by atoms with Gasteiger partial charge in [-0.2, -0.15) is 0 Å². The zero-order chi connectivity index (χ0) is 22.3. The SMILES string of the molecule is Cc1c(Cl)cccc1N=C1NC(=O)/C(=C\c2cc(C)n(-c3ccc(Br)cc3F)c2C)S1. The molecule has 1 saturated heterocycles. The lowest BCUT2D eigenvalue weighted by Gasteiger charge is -2.11. The molecule has 1 amide bonds. The first kappa shape index (κ1) is 21.9. The molecule has 3 aromatic rings. The van der Waals surface area contributed by atoms with Crippen LogP contribution in [0.2, 0.25) is 5.02 Å². The van der Waals surface area contributed by atoms with Gasteiger partial charge in [0, 0.05) is 20.9 Å². The molecule has 4 nitrogen and oxygen atoms in total. The van der Waals surface area contributed by atoms with Gasteiger partial charge in [-0.25, -0.2) is 9.38 Å². The lowest BCUT2D eigenvalue weighted by molar-refractivity contribution is -0.115. The molecule has 2 aromatic carbocycles. The Hall–Kier alpha value is -2.35. The van der Waals surface area contributed by atoms with Gasteiger partial charge in [-0.15, -0.1) is 0 Å². The fraction of sp³-hybridized carbons (Fsp3) is 0.130. The standard InChI is InChI=1S/C23H18BrClFN3OS/c1-12-9-15(14(3)29(12)20-8-7-16(24)11-18(20)26)10-21-22(30)28-23(31-21)27-19-6-4-5-17(25)13(19)2/h4-11H,1-3H3,(H,27,28,30)/b21-10+. The van der Waals surface area contributed by atoms with E-state index in [0.717, 1.165) is 22.5 Å². The van der Waals surface area contributed by atoms with Gasteiger partial charge in [0.2, 0.25) is 0 Å². The molecule has 1 fully saturated rings. The van der Waals surface area contributed by atoms with Gasteiger partial charge in [0.15, 0.2) is 5.17 Å². The van der Waals surface area contributed by atoms with Crippen LogP contribution in [0.3, 0.4) is 0 Å². The third kappa shape index (κ3) is 4.35. The minimum atomic E-state index is -0.324. The maximum absolute atomic E-state index is 14.5. The summed E-state index contributed by atoms with van der Waals surface area (Å²) in [5.74, 6) is -0.544. The number of nitrogens with one attached hydrogen (secondary N) is 1. The third-order valence-corrected chi connectivity index (χ3v) is 6.83. The van der Waals surface area contributed by atoms with Crippen LogP contribution in [0.15, 0.2) is 56.8 Å². The highest BCUT2D eigenvalue weighted by Gasteiger charge is 2.25. The Morgan fingerprint density at radius 2 is 1.97 bits per heavy atom. The Balaban J connectivity index is 1.67. The van der Waals surface area contributed by atoms with E-state index < -0.39 is 0 Å². The number of aromatic nitrogens is 1. The summed E-state index contributed by atoms with van der Waals surface area (Å²) in [4.78, 5) is 17.6. The number of nitrogens with zero attached hydrogens (tertiary/aromatic N) is 2. The van der Waals surface area contributed by atoms with Gasteiger partial charge in [0.1, 0.15) is 5.82 Å². The minimum absolute atomic E-state index is 0.219. The number of hydrogen-bond donors (Lipinski definition) is 1. The van der Waals surface area contributed by atoms with E-state index in [-0.39, 0.29) is 11.7 Å². The van der Waals surface area contributed by atoms with Crippen LogP contribution in [0.1, 0.15) is 22.5 Å². The van der Waals surface area contributed by atoms with Crippen molar-refractivity contribution < 1.29 is 9.18 Å². The maximum atomic E-state index is 14.5. The molecule has 1 aliphatic heterocycles. The maximum Gasteiger partial charge on any atom is 0.264 e. The van der Waals surface area contributed by atoms with E-state index >= 15 is 0 Å². The lowest BCUT2D eigenvalue weighted by Crippen LogP contribution is -2.19. The van der Waals surface area contributed by atoms with Gasteiger partial charge in [-0.3, -0.25) is 4.79 Å². The zero-order valence-corrected chi connectivity index (χ0v) is 20.1. The number of carbonyl (C=O) groups is 1. The Morgan fingerprint density at radius 3 is 2.71 bits per heavy atom. The smallest absolute Gasteiger partial charge is 0.264 e. The van der Waals surface area contributed by atoms with Gasteiger partial charge < -0.3 is 9.88 Å². The molecule has 0 saturated carbocycles. The zero-order valence-electron chi connectivity index (χ0n) is 17.0. The van der Waals surface area contributed by atoms with Crippen molar-refractivity contribution in [1.29, 1.82) is 0 Å². The fourth-order valence-electron chi connectivity index (χ4n) is 3.42. The molecule has 0 atom stereocenters. The van der Waals surface area contributed by atoms with E-state index in [1.807, 2.05) is 49.6 Å². The van der Waals surface area contributed by atoms with Crippen LogP contribution in [0, 0.1) is 26.6 Å². The highest BCUT2D eigenvalue weighted by Crippen LogP contribution is 2.33. The molecular formula is C23H18BrClFN3OS. The predicted molar refractivity (Wildman–Crippen MR) is 130 cm³/mol. The molecule has 1 aromatic heterocycles. The van der Waals surface area contributed by atoms with Crippen LogP contribution in [0.5, 0.6) is 0 Å². The fourth-order valence-corrected chi connectivity index (χ4v) is 4.74. The second-order valence-electron chi connectivity index (χ2n) is 7.12. The summed E-state index contributed by atoms with van der Waals surface area (Å²) in [5.41, 5.74) is 4.58. The summed E-state index contributed by atoms with van der Waals surface area (Å²) < 4.78 is 17.1. The molecule has 0 spiro atoms. The van der Waals surface area contributed by atoms with Crippen molar-refractivity contribution in [3.63, 3.8) is 0 Å². The van der Waals surface area contributed by atoms with Crippen LogP contribution in [-0.2, 0) is 4.79 Å². The number of aliphatic imine (C=N–C) groups is 1. The number of hydrogen-bond acceptors (Lipinski definition) is 3. The number of carbonyl (C=O) groups excluding carboxylic acids is 1. The Kier molecular flexibility index (Phi) is 6.10. The van der Waals surface area contributed by atoms with Crippen LogP contribution in [0.4, 0.5) is 10.1 Å². The lowest BCUT2D eigenvalue weighted by atomic mass is 10.2. The Morgan fingerprint density at radius 1 is 1.19 bits per heavy atom. The van der Waals surface area contributed by atoms with Crippen molar-refractivity contribution >= 4 is 62.1 Å². The van der Waals surface area contributed by atoms with Gasteiger partial charge in [-0.1, -0.05) is 33.6 Å². The van der Waals surface area contributed by atoms with Gasteiger partial charge >= 0.3 is 0 Å². The van der Waals surface area contributed by atoms with E-state index in [2.05, 4.69) is 26.2 Å². The highest BCUT2D eigenvalue weighted by atomic mass is 79.9. The highest BCUT2D eigenvalue weighted by molar-refractivity contribution is 9.10. The van der Waals surface area contributed by atoms with Crippen molar-refractivity contribution in [1.82, 2.24) is 9.88 Å². The average molecular weight is 519 g/mol. The Labute approximate surface area is 197 Å². The summed E-state index contributed by atoms with van der Waals surface area (Å²) >= 11 is 10.7. The molecule has 1 aliphatic rings. The normalized spacial score (nSPS) is 16.4. The topological polar surface area (TPSA) is 46.4 Å². The van der Waals surface area contributed by atoms with Crippen molar-refractivity contribution in [2.24, 2.45) is 4.99 Å². The third-order valence-electron chi connectivity index (χ3n) is 5.02. The molecule has 0 radical (unpaired) electrons. The number of rotatable bonds is 3. The number of amidine groups is 1. The van der Waals surface area contributed by atoms with E-state index in [4.69, 9.17) is 11.6 Å². The van der Waals surface area contributed by atoms with E-state index in [1.165, 1.54) is 17.8 Å². The van der Waals surface area contributed by atoms with E-state index in [1.54, 1.807) is 18.2 Å². The van der Waals surface area contributed by atoms with Crippen molar-refractivity contribution in [3.05, 3.63) is 85.2 Å². The quantitative estimate of drug-likeness (QED) is 0.386. The number of thioether (sulfide) groups is 1. The molecule has 31 heavy (non-hydrogen) atoms. The largest absolute Gasteiger partial charge is 0.315 e. The summed E-state index contributed by atoms with van der Waals surface area (Å²) in [6.07, 6.45) is 1.81. The van der Waals surface area contributed by atoms with Crippen LogP contribution >= 0.6 is 39.3 Å². The second kappa shape index (κ2) is 8.65. The van der Waals surface area contributed by atoms with Crippen LogP contribution < -0.4 is 5.32 Å². The van der Waals surface area contributed by atoms with Gasteiger partial charge in [-0.05, 0) is 86.1 Å². The molecule has 0 aliphatic carbocycles.